The van der Waals surface area contributed by atoms with Gasteiger partial charge in [0.25, 0.3) is 0 Å². The average Bonchev–Trinajstić information content (AvgIpc) is 2.31. The highest BCUT2D eigenvalue weighted by atomic mass is 15.2. The second kappa shape index (κ2) is 5.14. The predicted molar refractivity (Wildman–Crippen MR) is 64.3 cm³/mol. The Bertz CT molecular complexity index is 305. The van der Waals surface area contributed by atoms with Gasteiger partial charge < -0.3 is 16.0 Å². The Morgan fingerprint density at radius 3 is 2.80 bits per heavy atom. The summed E-state index contributed by atoms with van der Waals surface area (Å²) in [6, 6.07) is 8.73. The molecular formula is C12H19N3. The molecule has 3 N–H and O–H groups in total. The molecule has 2 rings (SSSR count). The maximum atomic E-state index is 5.57. The van der Waals surface area contributed by atoms with Gasteiger partial charge in [-0.25, -0.2) is 0 Å². The Kier molecular flexibility index (Phi) is 3.59. The van der Waals surface area contributed by atoms with E-state index < -0.39 is 0 Å². The van der Waals surface area contributed by atoms with Crippen LogP contribution in [0.3, 0.4) is 0 Å². The van der Waals surface area contributed by atoms with E-state index in [2.05, 4.69) is 34.5 Å². The third-order valence-electron chi connectivity index (χ3n) is 2.83. The van der Waals surface area contributed by atoms with E-state index >= 15 is 0 Å². The summed E-state index contributed by atoms with van der Waals surface area (Å²) in [5, 5.41) is 3.36. The molecule has 0 spiro atoms. The molecule has 0 unspecified atom stereocenters. The van der Waals surface area contributed by atoms with Gasteiger partial charge in [-0.15, -0.1) is 0 Å². The standard InChI is InChI=1S/C12H19N3/c13-5-4-11-2-1-3-12(10-11)15-8-6-14-7-9-15/h1-3,10,14H,4-9,13H2. The zero-order valence-corrected chi connectivity index (χ0v) is 9.08. The largest absolute Gasteiger partial charge is 0.369 e. The molecule has 3 nitrogen and oxygen atoms in total. The minimum absolute atomic E-state index is 0.727. The first-order chi connectivity index (χ1) is 7.40. The van der Waals surface area contributed by atoms with Gasteiger partial charge in [0.05, 0.1) is 0 Å². The van der Waals surface area contributed by atoms with E-state index in [0.717, 1.165) is 39.1 Å². The highest BCUT2D eigenvalue weighted by molar-refractivity contribution is 5.49. The van der Waals surface area contributed by atoms with Crippen LogP contribution in [0.1, 0.15) is 5.56 Å². The summed E-state index contributed by atoms with van der Waals surface area (Å²) in [5.41, 5.74) is 8.24. The lowest BCUT2D eigenvalue weighted by Crippen LogP contribution is -2.43. The summed E-state index contributed by atoms with van der Waals surface area (Å²) in [5.74, 6) is 0. The summed E-state index contributed by atoms with van der Waals surface area (Å²) in [6.45, 7) is 5.10. The van der Waals surface area contributed by atoms with Gasteiger partial charge in [-0.3, -0.25) is 0 Å². The van der Waals surface area contributed by atoms with Crippen molar-refractivity contribution in [3.8, 4) is 0 Å². The molecule has 1 heterocycles. The maximum absolute atomic E-state index is 5.57. The van der Waals surface area contributed by atoms with E-state index in [1.165, 1.54) is 11.3 Å². The molecule has 3 heteroatoms. The number of piperazine rings is 1. The van der Waals surface area contributed by atoms with Gasteiger partial charge in [-0.05, 0) is 30.7 Å². The van der Waals surface area contributed by atoms with Crippen molar-refractivity contribution in [2.75, 3.05) is 37.6 Å². The number of anilines is 1. The SMILES string of the molecule is NCCc1cccc(N2CCNCC2)c1. The van der Waals surface area contributed by atoms with Gasteiger partial charge in [0.1, 0.15) is 0 Å². The molecule has 1 aromatic rings. The monoisotopic (exact) mass is 205 g/mol. The fourth-order valence-electron chi connectivity index (χ4n) is 2.00. The minimum Gasteiger partial charge on any atom is -0.369 e. The van der Waals surface area contributed by atoms with Crippen LogP contribution in [0.5, 0.6) is 0 Å². The van der Waals surface area contributed by atoms with Crippen molar-refractivity contribution in [1.29, 1.82) is 0 Å². The highest BCUT2D eigenvalue weighted by Gasteiger charge is 2.09. The number of nitrogens with one attached hydrogen (secondary N) is 1. The van der Waals surface area contributed by atoms with Crippen LogP contribution in [0.15, 0.2) is 24.3 Å². The molecule has 1 saturated heterocycles. The number of hydrogen-bond acceptors (Lipinski definition) is 3. The van der Waals surface area contributed by atoms with Crippen molar-refractivity contribution in [1.82, 2.24) is 5.32 Å². The molecule has 1 aliphatic rings. The Hall–Kier alpha value is -1.06. The number of rotatable bonds is 3. The van der Waals surface area contributed by atoms with E-state index in [1.54, 1.807) is 0 Å². The minimum atomic E-state index is 0.727. The molecule has 1 fully saturated rings. The van der Waals surface area contributed by atoms with Crippen molar-refractivity contribution < 1.29 is 0 Å². The molecule has 0 radical (unpaired) electrons. The van der Waals surface area contributed by atoms with Crippen LogP contribution in [0, 0.1) is 0 Å². The Labute approximate surface area is 91.3 Å². The summed E-state index contributed by atoms with van der Waals surface area (Å²) in [6.07, 6.45) is 0.972. The zero-order chi connectivity index (χ0) is 10.5. The average molecular weight is 205 g/mol. The van der Waals surface area contributed by atoms with Crippen LogP contribution in [0.2, 0.25) is 0 Å². The molecule has 0 atom stereocenters. The van der Waals surface area contributed by atoms with E-state index in [9.17, 15) is 0 Å². The lowest BCUT2D eigenvalue weighted by molar-refractivity contribution is 0.589. The fraction of sp³-hybridized carbons (Fsp3) is 0.500. The second-order valence-corrected chi connectivity index (χ2v) is 3.95. The lowest BCUT2D eigenvalue weighted by Gasteiger charge is -2.29. The highest BCUT2D eigenvalue weighted by Crippen LogP contribution is 2.16. The molecule has 1 aliphatic heterocycles. The van der Waals surface area contributed by atoms with Crippen LogP contribution in [0.4, 0.5) is 5.69 Å². The van der Waals surface area contributed by atoms with Crippen molar-refractivity contribution in [2.45, 2.75) is 6.42 Å². The van der Waals surface area contributed by atoms with Gasteiger partial charge in [0.2, 0.25) is 0 Å². The Morgan fingerprint density at radius 1 is 1.27 bits per heavy atom. The number of nitrogens with zero attached hydrogens (tertiary/aromatic N) is 1. The third-order valence-corrected chi connectivity index (χ3v) is 2.83. The fourth-order valence-corrected chi connectivity index (χ4v) is 2.00. The molecular weight excluding hydrogens is 186 g/mol. The Morgan fingerprint density at radius 2 is 2.07 bits per heavy atom. The zero-order valence-electron chi connectivity index (χ0n) is 9.08. The van der Waals surface area contributed by atoms with Crippen LogP contribution in [-0.4, -0.2) is 32.7 Å². The van der Waals surface area contributed by atoms with Crippen LogP contribution in [0.25, 0.3) is 0 Å². The van der Waals surface area contributed by atoms with Gasteiger partial charge in [0.15, 0.2) is 0 Å². The second-order valence-electron chi connectivity index (χ2n) is 3.95. The summed E-state index contributed by atoms with van der Waals surface area (Å²) < 4.78 is 0. The van der Waals surface area contributed by atoms with Crippen LogP contribution >= 0.6 is 0 Å². The molecule has 82 valence electrons. The molecule has 0 bridgehead atoms. The third kappa shape index (κ3) is 2.70. The molecule has 0 saturated carbocycles. The van der Waals surface area contributed by atoms with Gasteiger partial charge in [-0.1, -0.05) is 12.1 Å². The van der Waals surface area contributed by atoms with Crippen molar-refractivity contribution in [2.24, 2.45) is 5.73 Å². The topological polar surface area (TPSA) is 41.3 Å². The van der Waals surface area contributed by atoms with Gasteiger partial charge in [0, 0.05) is 31.9 Å². The molecule has 0 aliphatic carbocycles. The maximum Gasteiger partial charge on any atom is 0.0369 e. The van der Waals surface area contributed by atoms with Gasteiger partial charge in [-0.2, -0.15) is 0 Å². The van der Waals surface area contributed by atoms with Crippen LogP contribution < -0.4 is 16.0 Å². The number of nitrogens with two attached hydrogens (primary N) is 1. The van der Waals surface area contributed by atoms with Crippen LogP contribution in [-0.2, 0) is 6.42 Å². The molecule has 0 amide bonds. The molecule has 1 aromatic carbocycles. The van der Waals surface area contributed by atoms with Crippen molar-refractivity contribution in [3.63, 3.8) is 0 Å². The smallest absolute Gasteiger partial charge is 0.0369 e. The van der Waals surface area contributed by atoms with E-state index in [-0.39, 0.29) is 0 Å². The van der Waals surface area contributed by atoms with Gasteiger partial charge >= 0.3 is 0 Å². The summed E-state index contributed by atoms with van der Waals surface area (Å²) in [4.78, 5) is 2.43. The van der Waals surface area contributed by atoms with Crippen molar-refractivity contribution >= 4 is 5.69 Å². The molecule has 0 aromatic heterocycles. The number of benzene rings is 1. The number of hydrogen-bond donors (Lipinski definition) is 2. The van der Waals surface area contributed by atoms with E-state index in [0.29, 0.717) is 0 Å². The Balaban J connectivity index is 2.09. The summed E-state index contributed by atoms with van der Waals surface area (Å²) >= 11 is 0. The van der Waals surface area contributed by atoms with E-state index in [1.807, 2.05) is 0 Å². The first-order valence-electron chi connectivity index (χ1n) is 5.65. The molecule has 15 heavy (non-hydrogen) atoms. The van der Waals surface area contributed by atoms with Crippen molar-refractivity contribution in [3.05, 3.63) is 29.8 Å². The first-order valence-corrected chi connectivity index (χ1v) is 5.65. The predicted octanol–water partition coefficient (Wildman–Crippen LogP) is 0.597. The lowest BCUT2D eigenvalue weighted by atomic mass is 10.1. The van der Waals surface area contributed by atoms with E-state index in [4.69, 9.17) is 5.73 Å². The summed E-state index contributed by atoms with van der Waals surface area (Å²) in [7, 11) is 0. The normalized spacial score (nSPS) is 16.7. The first kappa shape index (κ1) is 10.5. The quantitative estimate of drug-likeness (QED) is 0.759.